The van der Waals surface area contributed by atoms with E-state index in [0.717, 1.165) is 7.11 Å². The lowest BCUT2D eigenvalue weighted by Gasteiger charge is -2.32. The van der Waals surface area contributed by atoms with Crippen molar-refractivity contribution in [3.05, 3.63) is 0 Å². The number of hydrogen-bond acceptors (Lipinski definition) is 6. The van der Waals surface area contributed by atoms with Crippen molar-refractivity contribution in [1.29, 1.82) is 0 Å². The van der Waals surface area contributed by atoms with Crippen molar-refractivity contribution in [1.82, 2.24) is 0 Å². The van der Waals surface area contributed by atoms with E-state index < -0.39 is 10.4 Å². The minimum absolute atomic E-state index is 0.0342. The molecule has 0 atom stereocenters. The molecule has 0 saturated carbocycles. The zero-order chi connectivity index (χ0) is 12.7. The number of aliphatic hydroxyl groups excluding tert-OH is 2. The molecule has 2 N–H and O–H groups in total. The normalized spacial score (nSPS) is 13.0. The third-order valence-corrected chi connectivity index (χ3v) is 3.21. The third kappa shape index (κ3) is 6.36. The van der Waals surface area contributed by atoms with Gasteiger partial charge in [-0.3, -0.25) is 4.18 Å². The van der Waals surface area contributed by atoms with Crippen molar-refractivity contribution in [3.63, 3.8) is 0 Å². The van der Waals surface area contributed by atoms with Crippen molar-refractivity contribution >= 4 is 10.4 Å². The number of hydrogen-bond donors (Lipinski definition) is 2. The summed E-state index contributed by atoms with van der Waals surface area (Å²) in [5, 5.41) is 17.7. The van der Waals surface area contributed by atoms with Crippen molar-refractivity contribution in [2.24, 2.45) is 0 Å². The molecule has 0 aliphatic rings. The molecule has 0 aliphatic carbocycles. The van der Waals surface area contributed by atoms with Crippen LogP contribution < -0.4 is 0 Å². The van der Waals surface area contributed by atoms with Gasteiger partial charge in [-0.2, -0.15) is 8.42 Å². The standard InChI is InChI=1S/C8H20NO6S/c1-9(3-6-10,4-7-11)5-8-15-16(12,13)14-2/h10-11H,3-8H2,1-2H3/q+1. The topological polar surface area (TPSA) is 93.1 Å². The van der Waals surface area contributed by atoms with Crippen molar-refractivity contribution in [3.8, 4) is 0 Å². The largest absolute Gasteiger partial charge is 0.399 e. The van der Waals surface area contributed by atoms with Gasteiger partial charge >= 0.3 is 10.4 Å². The molecule has 7 nitrogen and oxygen atoms in total. The van der Waals surface area contributed by atoms with Crippen LogP contribution in [0.4, 0.5) is 0 Å². The molecule has 0 bridgehead atoms. The summed E-state index contributed by atoms with van der Waals surface area (Å²) >= 11 is 0. The molecule has 98 valence electrons. The zero-order valence-corrected chi connectivity index (χ0v) is 10.4. The first kappa shape index (κ1) is 15.8. The summed E-state index contributed by atoms with van der Waals surface area (Å²) in [6.45, 7) is 1.10. The predicted molar refractivity (Wildman–Crippen MR) is 56.8 cm³/mol. The Balaban J connectivity index is 4.12. The van der Waals surface area contributed by atoms with Gasteiger partial charge < -0.3 is 14.7 Å². The summed E-state index contributed by atoms with van der Waals surface area (Å²) in [5.74, 6) is 0. The first-order valence-corrected chi connectivity index (χ1v) is 6.23. The molecule has 0 spiro atoms. The van der Waals surface area contributed by atoms with Gasteiger partial charge in [0.15, 0.2) is 0 Å². The predicted octanol–water partition coefficient (Wildman–Crippen LogP) is -1.67. The lowest BCUT2D eigenvalue weighted by atomic mass is 10.4. The van der Waals surface area contributed by atoms with E-state index in [2.05, 4.69) is 8.37 Å². The monoisotopic (exact) mass is 258 g/mol. The molecule has 0 rings (SSSR count). The van der Waals surface area contributed by atoms with Crippen LogP contribution in [-0.2, 0) is 18.8 Å². The Morgan fingerprint density at radius 2 is 1.62 bits per heavy atom. The Hall–Kier alpha value is -0.250. The first-order valence-electron chi connectivity index (χ1n) is 4.89. The van der Waals surface area contributed by atoms with Gasteiger partial charge in [0.1, 0.15) is 26.2 Å². The van der Waals surface area contributed by atoms with Crippen molar-refractivity contribution < 1.29 is 31.5 Å². The fraction of sp³-hybridized carbons (Fsp3) is 1.00. The molecular weight excluding hydrogens is 238 g/mol. The lowest BCUT2D eigenvalue weighted by Crippen LogP contribution is -2.50. The highest BCUT2D eigenvalue weighted by Crippen LogP contribution is 2.02. The van der Waals surface area contributed by atoms with Crippen molar-refractivity contribution in [2.75, 3.05) is 53.6 Å². The van der Waals surface area contributed by atoms with Crippen LogP contribution in [0.5, 0.6) is 0 Å². The molecule has 16 heavy (non-hydrogen) atoms. The summed E-state index contributed by atoms with van der Waals surface area (Å²) in [7, 11) is -1.09. The van der Waals surface area contributed by atoms with Gasteiger partial charge in [0.25, 0.3) is 0 Å². The molecule has 0 unspecified atom stereocenters. The maximum atomic E-state index is 10.9. The maximum absolute atomic E-state index is 10.9. The minimum atomic E-state index is -3.91. The highest BCUT2D eigenvalue weighted by Gasteiger charge is 2.21. The number of aliphatic hydroxyl groups is 2. The minimum Gasteiger partial charge on any atom is -0.391 e. The van der Waals surface area contributed by atoms with E-state index in [9.17, 15) is 8.42 Å². The van der Waals surface area contributed by atoms with Crippen LogP contribution in [0.25, 0.3) is 0 Å². The highest BCUT2D eigenvalue weighted by molar-refractivity contribution is 7.81. The fourth-order valence-electron chi connectivity index (χ4n) is 1.23. The molecule has 0 fully saturated rings. The van der Waals surface area contributed by atoms with E-state index in [1.807, 2.05) is 0 Å². The van der Waals surface area contributed by atoms with Crippen LogP contribution in [0.3, 0.4) is 0 Å². The van der Waals surface area contributed by atoms with Gasteiger partial charge in [0.2, 0.25) is 0 Å². The molecule has 0 aromatic carbocycles. The van der Waals surface area contributed by atoms with Gasteiger partial charge in [0, 0.05) is 0 Å². The van der Waals surface area contributed by atoms with Gasteiger partial charge in [0.05, 0.1) is 27.4 Å². The van der Waals surface area contributed by atoms with E-state index >= 15 is 0 Å². The molecule has 8 heteroatoms. The van der Waals surface area contributed by atoms with Crippen LogP contribution in [0.1, 0.15) is 0 Å². The SMILES string of the molecule is COS(=O)(=O)OCC[N+](C)(CCO)CCO. The average molecular weight is 258 g/mol. The molecule has 0 saturated heterocycles. The van der Waals surface area contributed by atoms with E-state index in [4.69, 9.17) is 10.2 Å². The molecule has 0 radical (unpaired) electrons. The van der Waals surface area contributed by atoms with Gasteiger partial charge in [-0.15, -0.1) is 0 Å². The zero-order valence-electron chi connectivity index (χ0n) is 9.63. The van der Waals surface area contributed by atoms with Crippen LogP contribution in [0, 0.1) is 0 Å². The van der Waals surface area contributed by atoms with Crippen LogP contribution >= 0.6 is 0 Å². The van der Waals surface area contributed by atoms with Crippen LogP contribution in [0.2, 0.25) is 0 Å². The van der Waals surface area contributed by atoms with E-state index in [1.165, 1.54) is 0 Å². The smallest absolute Gasteiger partial charge is 0.391 e. The fourth-order valence-corrected chi connectivity index (χ4v) is 1.60. The Labute approximate surface area is 96.1 Å². The first-order chi connectivity index (χ1) is 7.39. The number of quaternary nitrogens is 1. The summed E-state index contributed by atoms with van der Waals surface area (Å²) in [6.07, 6.45) is 0. The second-order valence-corrected chi connectivity index (χ2v) is 5.02. The summed E-state index contributed by atoms with van der Waals surface area (Å²) in [5.41, 5.74) is 0. The maximum Gasteiger partial charge on any atom is 0.399 e. The molecule has 0 aromatic heterocycles. The Morgan fingerprint density at radius 3 is 2.00 bits per heavy atom. The second kappa shape index (κ2) is 7.15. The van der Waals surface area contributed by atoms with Crippen LogP contribution in [0.15, 0.2) is 0 Å². The van der Waals surface area contributed by atoms with E-state index in [0.29, 0.717) is 24.1 Å². The van der Waals surface area contributed by atoms with E-state index in [1.54, 1.807) is 7.05 Å². The van der Waals surface area contributed by atoms with Gasteiger partial charge in [-0.25, -0.2) is 4.18 Å². The Kier molecular flexibility index (Phi) is 7.04. The van der Waals surface area contributed by atoms with Gasteiger partial charge in [-0.05, 0) is 0 Å². The molecule has 0 aliphatic heterocycles. The number of rotatable bonds is 9. The van der Waals surface area contributed by atoms with Crippen LogP contribution in [-0.4, -0.2) is 76.7 Å². The Morgan fingerprint density at radius 1 is 1.12 bits per heavy atom. The number of likely N-dealkylation sites (N-methyl/N-ethyl adjacent to an activating group) is 1. The molecular formula is C8H20NO6S+. The average Bonchev–Trinajstić information content (AvgIpc) is 2.18. The Bertz CT molecular complexity index is 272. The molecule has 0 heterocycles. The summed E-state index contributed by atoms with van der Waals surface area (Å²) < 4.78 is 30.7. The van der Waals surface area contributed by atoms with Crippen molar-refractivity contribution in [2.45, 2.75) is 0 Å². The quantitative estimate of drug-likeness (QED) is 0.480. The lowest BCUT2D eigenvalue weighted by molar-refractivity contribution is -0.910. The molecule has 0 aromatic rings. The highest BCUT2D eigenvalue weighted by atomic mass is 32.3. The van der Waals surface area contributed by atoms with E-state index in [-0.39, 0.29) is 19.8 Å². The third-order valence-electron chi connectivity index (χ3n) is 2.34. The summed E-state index contributed by atoms with van der Waals surface area (Å²) in [6, 6.07) is 0. The summed E-state index contributed by atoms with van der Waals surface area (Å²) in [4.78, 5) is 0. The molecule has 0 amide bonds. The number of nitrogens with zero attached hydrogens (tertiary/aromatic N) is 1. The second-order valence-electron chi connectivity index (χ2n) is 3.63. The van der Waals surface area contributed by atoms with Gasteiger partial charge in [-0.1, -0.05) is 0 Å².